The van der Waals surface area contributed by atoms with Gasteiger partial charge in [0.15, 0.2) is 0 Å². The van der Waals surface area contributed by atoms with Crippen molar-refractivity contribution in [3.63, 3.8) is 0 Å². The summed E-state index contributed by atoms with van der Waals surface area (Å²) in [5, 5.41) is -0.300. The van der Waals surface area contributed by atoms with Crippen molar-refractivity contribution in [1.29, 1.82) is 0 Å². The maximum absolute atomic E-state index is 12.2. The highest BCUT2D eigenvalue weighted by molar-refractivity contribution is 8.01. The highest BCUT2D eigenvalue weighted by atomic mass is 32.2. The second kappa shape index (κ2) is 10.9. The third kappa shape index (κ3) is 7.54. The van der Waals surface area contributed by atoms with Crippen molar-refractivity contribution < 1.29 is 9.59 Å². The molecule has 0 saturated carbocycles. The molecule has 1 aliphatic rings. The molecule has 1 fully saturated rings. The number of carbonyl (C=O) groups is 2. The Morgan fingerprint density at radius 2 is 1.87 bits per heavy atom. The SMILES string of the molecule is CCC(C)CCCN1CCN(C(=O)CSC(C)C(=O)NN)CC1. The van der Waals surface area contributed by atoms with E-state index in [9.17, 15) is 9.59 Å². The summed E-state index contributed by atoms with van der Waals surface area (Å²) in [4.78, 5) is 27.9. The lowest BCUT2D eigenvalue weighted by molar-refractivity contribution is -0.130. The summed E-state index contributed by atoms with van der Waals surface area (Å²) in [6, 6.07) is 0. The molecule has 7 heteroatoms. The standard InChI is InChI=1S/C16H32N4O2S/c1-4-13(2)6-5-7-19-8-10-20(11-9-19)15(21)12-23-14(3)16(22)18-17/h13-14H,4-12,17H2,1-3H3,(H,18,22). The predicted molar refractivity (Wildman–Crippen MR) is 96.0 cm³/mol. The fraction of sp³-hybridized carbons (Fsp3) is 0.875. The zero-order valence-electron chi connectivity index (χ0n) is 14.7. The van der Waals surface area contributed by atoms with Crippen molar-refractivity contribution in [3.05, 3.63) is 0 Å². The van der Waals surface area contributed by atoms with Crippen LogP contribution in [0.1, 0.15) is 40.0 Å². The fourth-order valence-corrected chi connectivity index (χ4v) is 3.36. The Labute approximate surface area is 144 Å². The normalized spacial score (nSPS) is 18.5. The van der Waals surface area contributed by atoms with Crippen LogP contribution in [-0.2, 0) is 9.59 Å². The Morgan fingerprint density at radius 1 is 1.22 bits per heavy atom. The average Bonchev–Trinajstić information content (AvgIpc) is 2.58. The number of hydrogen-bond acceptors (Lipinski definition) is 5. The van der Waals surface area contributed by atoms with Crippen LogP contribution in [0.15, 0.2) is 0 Å². The van der Waals surface area contributed by atoms with Crippen LogP contribution < -0.4 is 11.3 Å². The average molecular weight is 345 g/mol. The van der Waals surface area contributed by atoms with Gasteiger partial charge in [-0.1, -0.05) is 20.3 Å². The van der Waals surface area contributed by atoms with Crippen molar-refractivity contribution in [2.75, 3.05) is 38.5 Å². The van der Waals surface area contributed by atoms with Gasteiger partial charge in [0.2, 0.25) is 11.8 Å². The molecule has 0 aromatic rings. The van der Waals surface area contributed by atoms with Gasteiger partial charge >= 0.3 is 0 Å². The minimum Gasteiger partial charge on any atom is -0.339 e. The lowest BCUT2D eigenvalue weighted by atomic mass is 10.0. The smallest absolute Gasteiger partial charge is 0.246 e. The van der Waals surface area contributed by atoms with Crippen LogP contribution >= 0.6 is 11.8 Å². The van der Waals surface area contributed by atoms with Crippen molar-refractivity contribution in [2.24, 2.45) is 11.8 Å². The van der Waals surface area contributed by atoms with Gasteiger partial charge in [0.25, 0.3) is 0 Å². The van der Waals surface area contributed by atoms with Gasteiger partial charge < -0.3 is 4.90 Å². The second-order valence-corrected chi connectivity index (χ2v) is 7.67. The van der Waals surface area contributed by atoms with Crippen LogP contribution in [0.25, 0.3) is 0 Å². The van der Waals surface area contributed by atoms with Crippen molar-refractivity contribution in [1.82, 2.24) is 15.2 Å². The minimum absolute atomic E-state index is 0.117. The first-order valence-corrected chi connectivity index (χ1v) is 9.65. The number of hydrazine groups is 1. The summed E-state index contributed by atoms with van der Waals surface area (Å²) < 4.78 is 0. The number of piperazine rings is 1. The Kier molecular flexibility index (Phi) is 9.59. The number of rotatable bonds is 9. The first-order valence-electron chi connectivity index (χ1n) is 8.60. The van der Waals surface area contributed by atoms with Crippen LogP contribution in [-0.4, -0.2) is 65.3 Å². The van der Waals surface area contributed by atoms with E-state index in [-0.39, 0.29) is 17.1 Å². The van der Waals surface area contributed by atoms with E-state index in [1.165, 1.54) is 31.0 Å². The molecule has 0 aromatic heterocycles. The zero-order chi connectivity index (χ0) is 17.2. The lowest BCUT2D eigenvalue weighted by Crippen LogP contribution is -2.49. The maximum Gasteiger partial charge on any atom is 0.246 e. The molecule has 1 heterocycles. The molecule has 0 radical (unpaired) electrons. The molecule has 1 rings (SSSR count). The van der Waals surface area contributed by atoms with Crippen molar-refractivity contribution >= 4 is 23.6 Å². The molecule has 0 aromatic carbocycles. The molecule has 1 aliphatic heterocycles. The summed E-state index contributed by atoms with van der Waals surface area (Å²) in [5.74, 6) is 6.11. The van der Waals surface area contributed by atoms with E-state index in [1.807, 2.05) is 4.90 Å². The molecule has 6 nitrogen and oxygen atoms in total. The van der Waals surface area contributed by atoms with Crippen LogP contribution in [0.5, 0.6) is 0 Å². The van der Waals surface area contributed by atoms with E-state index in [4.69, 9.17) is 5.84 Å². The van der Waals surface area contributed by atoms with Gasteiger partial charge in [0, 0.05) is 26.2 Å². The van der Waals surface area contributed by atoms with Crippen LogP contribution in [0.3, 0.4) is 0 Å². The molecule has 2 unspecified atom stereocenters. The van der Waals surface area contributed by atoms with Gasteiger partial charge in [-0.2, -0.15) is 0 Å². The minimum atomic E-state index is -0.300. The number of amides is 2. The highest BCUT2D eigenvalue weighted by Crippen LogP contribution is 2.14. The fourth-order valence-electron chi connectivity index (χ4n) is 2.57. The second-order valence-electron chi connectivity index (χ2n) is 6.34. The molecular formula is C16H32N4O2S. The Hall–Kier alpha value is -0.790. The molecule has 0 bridgehead atoms. The van der Waals surface area contributed by atoms with Crippen LogP contribution in [0.4, 0.5) is 0 Å². The molecular weight excluding hydrogens is 312 g/mol. The third-order valence-electron chi connectivity index (χ3n) is 4.56. The highest BCUT2D eigenvalue weighted by Gasteiger charge is 2.22. The Bertz CT molecular complexity index is 373. The van der Waals surface area contributed by atoms with E-state index in [0.717, 1.165) is 38.6 Å². The molecule has 23 heavy (non-hydrogen) atoms. The first kappa shape index (κ1) is 20.3. The van der Waals surface area contributed by atoms with E-state index >= 15 is 0 Å². The maximum atomic E-state index is 12.2. The summed E-state index contributed by atoms with van der Waals surface area (Å²) in [6.07, 6.45) is 3.78. The van der Waals surface area contributed by atoms with Gasteiger partial charge in [0.1, 0.15) is 0 Å². The number of nitrogens with zero attached hydrogens (tertiary/aromatic N) is 2. The van der Waals surface area contributed by atoms with E-state index in [1.54, 1.807) is 6.92 Å². The predicted octanol–water partition coefficient (Wildman–Crippen LogP) is 1.07. The molecule has 1 saturated heterocycles. The number of carbonyl (C=O) groups excluding carboxylic acids is 2. The lowest BCUT2D eigenvalue weighted by Gasteiger charge is -2.35. The van der Waals surface area contributed by atoms with Gasteiger partial charge in [-0.3, -0.25) is 19.9 Å². The van der Waals surface area contributed by atoms with Gasteiger partial charge in [-0.05, 0) is 32.2 Å². The van der Waals surface area contributed by atoms with Gasteiger partial charge in [0.05, 0.1) is 11.0 Å². The number of thioether (sulfide) groups is 1. The molecule has 134 valence electrons. The number of nitrogens with two attached hydrogens (primary N) is 1. The monoisotopic (exact) mass is 344 g/mol. The van der Waals surface area contributed by atoms with E-state index in [2.05, 4.69) is 24.2 Å². The molecule has 0 aliphatic carbocycles. The third-order valence-corrected chi connectivity index (χ3v) is 5.69. The Morgan fingerprint density at radius 3 is 2.43 bits per heavy atom. The summed E-state index contributed by atoms with van der Waals surface area (Å²) in [7, 11) is 0. The summed E-state index contributed by atoms with van der Waals surface area (Å²) >= 11 is 1.33. The van der Waals surface area contributed by atoms with E-state index < -0.39 is 0 Å². The van der Waals surface area contributed by atoms with Crippen molar-refractivity contribution in [2.45, 2.75) is 45.3 Å². The van der Waals surface area contributed by atoms with Gasteiger partial charge in [-0.25, -0.2) is 5.84 Å². The quantitative estimate of drug-likeness (QED) is 0.372. The van der Waals surface area contributed by atoms with Crippen molar-refractivity contribution in [3.8, 4) is 0 Å². The topological polar surface area (TPSA) is 78.7 Å². The molecule has 3 N–H and O–H groups in total. The van der Waals surface area contributed by atoms with Crippen LogP contribution in [0, 0.1) is 5.92 Å². The van der Waals surface area contributed by atoms with Gasteiger partial charge in [-0.15, -0.1) is 11.8 Å². The largest absolute Gasteiger partial charge is 0.339 e. The molecule has 0 spiro atoms. The zero-order valence-corrected chi connectivity index (χ0v) is 15.5. The molecule has 2 atom stereocenters. The molecule has 2 amide bonds. The summed E-state index contributed by atoms with van der Waals surface area (Å²) in [5.41, 5.74) is 2.11. The number of nitrogens with one attached hydrogen (secondary N) is 1. The van der Waals surface area contributed by atoms with E-state index in [0.29, 0.717) is 5.75 Å². The van der Waals surface area contributed by atoms with Crippen LogP contribution in [0.2, 0.25) is 0 Å². The number of hydrogen-bond donors (Lipinski definition) is 2. The summed E-state index contributed by atoms with van der Waals surface area (Å²) in [6.45, 7) is 10.9. The first-order chi connectivity index (χ1) is 11.0. The Balaban J connectivity index is 2.19.